The Morgan fingerprint density at radius 3 is 2.79 bits per heavy atom. The molecule has 0 aliphatic heterocycles. The molecule has 106 valence electrons. The topological polar surface area (TPSA) is 76.4 Å². The first kappa shape index (κ1) is 14.0. The van der Waals surface area contributed by atoms with E-state index in [0.29, 0.717) is 28.9 Å². The summed E-state index contributed by atoms with van der Waals surface area (Å²) in [4.78, 5) is 12.5. The minimum Gasteiger partial charge on any atom is -0.492 e. The van der Waals surface area contributed by atoms with E-state index in [1.54, 1.807) is 7.11 Å². The van der Waals surface area contributed by atoms with Crippen LogP contribution in [-0.4, -0.2) is 25.6 Å². The molecule has 1 heterocycles. The number of methoxy groups -OCH3 is 1. The number of ether oxygens (including phenoxy) is 1. The van der Waals surface area contributed by atoms with Gasteiger partial charge in [0.15, 0.2) is 5.75 Å². The van der Waals surface area contributed by atoms with Crippen LogP contribution in [0.25, 0.3) is 0 Å². The van der Waals surface area contributed by atoms with Crippen LogP contribution in [0.15, 0.2) is 0 Å². The molecule has 0 bridgehead atoms. The Bertz CT molecular complexity index is 455. The second-order valence-corrected chi connectivity index (χ2v) is 5.76. The minimum absolute atomic E-state index is 0.121. The van der Waals surface area contributed by atoms with Gasteiger partial charge >= 0.3 is 0 Å². The molecule has 1 saturated carbocycles. The second-order valence-electron chi connectivity index (χ2n) is 4.74. The molecule has 1 fully saturated rings. The third kappa shape index (κ3) is 2.94. The van der Waals surface area contributed by atoms with E-state index in [2.05, 4.69) is 10.6 Å². The van der Waals surface area contributed by atoms with Crippen LogP contribution in [0.1, 0.15) is 42.3 Å². The fourth-order valence-electron chi connectivity index (χ4n) is 1.95. The van der Waals surface area contributed by atoms with Crippen molar-refractivity contribution in [2.45, 2.75) is 38.6 Å². The Morgan fingerprint density at radius 2 is 2.26 bits per heavy atom. The van der Waals surface area contributed by atoms with E-state index in [1.807, 2.05) is 6.92 Å². The quantitative estimate of drug-likeness (QED) is 0.749. The lowest BCUT2D eigenvalue weighted by molar-refractivity contribution is 0.0958. The summed E-state index contributed by atoms with van der Waals surface area (Å²) < 4.78 is 5.32. The number of rotatable bonds is 6. The van der Waals surface area contributed by atoms with Gasteiger partial charge in [-0.05, 0) is 25.7 Å². The number of hydrogen-bond acceptors (Lipinski definition) is 5. The zero-order valence-electron chi connectivity index (χ0n) is 11.4. The van der Waals surface area contributed by atoms with Crippen molar-refractivity contribution in [1.29, 1.82) is 0 Å². The van der Waals surface area contributed by atoms with E-state index >= 15 is 0 Å². The summed E-state index contributed by atoms with van der Waals surface area (Å²) in [5.41, 5.74) is 6.44. The Hall–Kier alpha value is -1.43. The summed E-state index contributed by atoms with van der Waals surface area (Å²) in [7, 11) is 1.58. The highest BCUT2D eigenvalue weighted by Gasteiger charge is 2.25. The fourth-order valence-corrected chi connectivity index (χ4v) is 3.04. The molecule has 0 unspecified atom stereocenters. The van der Waals surface area contributed by atoms with Gasteiger partial charge in [-0.3, -0.25) is 4.79 Å². The van der Waals surface area contributed by atoms with Crippen LogP contribution >= 0.6 is 11.3 Å². The van der Waals surface area contributed by atoms with E-state index in [4.69, 9.17) is 10.5 Å². The number of nitrogens with one attached hydrogen (secondary N) is 2. The Balaban J connectivity index is 2.16. The van der Waals surface area contributed by atoms with E-state index in [0.717, 1.165) is 11.4 Å². The van der Waals surface area contributed by atoms with Crippen molar-refractivity contribution in [2.24, 2.45) is 0 Å². The van der Waals surface area contributed by atoms with Crippen LogP contribution in [0.2, 0.25) is 0 Å². The van der Waals surface area contributed by atoms with Crippen LogP contribution in [0.3, 0.4) is 0 Å². The number of nitrogens with two attached hydrogens (primary N) is 1. The molecule has 1 amide bonds. The summed E-state index contributed by atoms with van der Waals surface area (Å²) in [5.74, 6) is 0.475. The number of carbonyl (C=O) groups excluding carboxylic acids is 1. The summed E-state index contributed by atoms with van der Waals surface area (Å²) in [5, 5.41) is 7.11. The first-order chi connectivity index (χ1) is 9.17. The lowest BCUT2D eigenvalue weighted by atomic mass is 9.93. The molecule has 0 radical (unpaired) electrons. The van der Waals surface area contributed by atoms with Crippen molar-refractivity contribution >= 4 is 27.9 Å². The zero-order valence-corrected chi connectivity index (χ0v) is 12.2. The molecule has 1 aromatic rings. The van der Waals surface area contributed by atoms with E-state index in [1.165, 1.54) is 30.6 Å². The molecule has 0 atom stereocenters. The number of anilines is 2. The van der Waals surface area contributed by atoms with Crippen molar-refractivity contribution < 1.29 is 9.53 Å². The number of amides is 1. The van der Waals surface area contributed by atoms with Crippen molar-refractivity contribution in [3.8, 4) is 5.75 Å². The highest BCUT2D eigenvalue weighted by molar-refractivity contribution is 7.19. The Labute approximate surface area is 117 Å². The minimum atomic E-state index is -0.121. The van der Waals surface area contributed by atoms with Gasteiger partial charge in [-0.15, -0.1) is 11.3 Å². The SMILES string of the molecule is CCCNC(=O)c1sc(NC2CCC2)c(OC)c1N. The van der Waals surface area contributed by atoms with Crippen LogP contribution in [0, 0.1) is 0 Å². The van der Waals surface area contributed by atoms with Crippen LogP contribution in [-0.2, 0) is 0 Å². The number of hydrogen-bond donors (Lipinski definition) is 3. The smallest absolute Gasteiger partial charge is 0.263 e. The summed E-state index contributed by atoms with van der Waals surface area (Å²) in [6.45, 7) is 2.67. The van der Waals surface area contributed by atoms with Gasteiger partial charge < -0.3 is 21.1 Å². The Morgan fingerprint density at radius 1 is 1.53 bits per heavy atom. The molecule has 1 aliphatic rings. The highest BCUT2D eigenvalue weighted by atomic mass is 32.1. The molecule has 19 heavy (non-hydrogen) atoms. The number of nitrogen functional groups attached to an aromatic ring is 1. The highest BCUT2D eigenvalue weighted by Crippen LogP contribution is 2.43. The molecule has 4 N–H and O–H groups in total. The molecule has 0 saturated heterocycles. The van der Waals surface area contributed by atoms with Gasteiger partial charge in [0.05, 0.1) is 7.11 Å². The predicted octanol–water partition coefficient (Wildman–Crippen LogP) is 2.44. The van der Waals surface area contributed by atoms with Crippen molar-refractivity contribution in [3.05, 3.63) is 4.88 Å². The molecule has 1 aliphatic carbocycles. The van der Waals surface area contributed by atoms with Crippen LogP contribution in [0.5, 0.6) is 5.75 Å². The standard InChI is InChI=1S/C13H21N3O2S/c1-3-7-15-12(17)11-9(14)10(18-2)13(19-11)16-8-5-4-6-8/h8,16H,3-7,14H2,1-2H3,(H,15,17). The van der Waals surface area contributed by atoms with Gasteiger partial charge in [0, 0.05) is 12.6 Å². The van der Waals surface area contributed by atoms with Gasteiger partial charge in [-0.1, -0.05) is 6.92 Å². The third-order valence-electron chi connectivity index (χ3n) is 3.29. The molecular formula is C13H21N3O2S. The molecule has 0 aromatic carbocycles. The van der Waals surface area contributed by atoms with Gasteiger partial charge in [0.25, 0.3) is 5.91 Å². The largest absolute Gasteiger partial charge is 0.492 e. The van der Waals surface area contributed by atoms with Gasteiger partial charge in [0.1, 0.15) is 15.6 Å². The number of thiophene rings is 1. The molecule has 2 rings (SSSR count). The van der Waals surface area contributed by atoms with Gasteiger partial charge in [0.2, 0.25) is 0 Å². The van der Waals surface area contributed by atoms with E-state index in [9.17, 15) is 4.79 Å². The average Bonchev–Trinajstić information content (AvgIpc) is 2.67. The summed E-state index contributed by atoms with van der Waals surface area (Å²) in [6.07, 6.45) is 4.49. The lowest BCUT2D eigenvalue weighted by Gasteiger charge is -2.26. The van der Waals surface area contributed by atoms with Crippen molar-refractivity contribution in [2.75, 3.05) is 24.7 Å². The molecular weight excluding hydrogens is 262 g/mol. The van der Waals surface area contributed by atoms with E-state index in [-0.39, 0.29) is 5.91 Å². The van der Waals surface area contributed by atoms with Gasteiger partial charge in [-0.2, -0.15) is 0 Å². The van der Waals surface area contributed by atoms with Crippen molar-refractivity contribution in [3.63, 3.8) is 0 Å². The first-order valence-electron chi connectivity index (χ1n) is 6.68. The molecule has 0 spiro atoms. The maximum Gasteiger partial charge on any atom is 0.263 e. The predicted molar refractivity (Wildman–Crippen MR) is 79.2 cm³/mol. The second kappa shape index (κ2) is 6.14. The fraction of sp³-hybridized carbons (Fsp3) is 0.615. The number of carbonyl (C=O) groups is 1. The normalized spacial score (nSPS) is 14.8. The average molecular weight is 283 g/mol. The Kier molecular flexibility index (Phi) is 4.52. The maximum absolute atomic E-state index is 12.0. The third-order valence-corrected chi connectivity index (χ3v) is 4.40. The van der Waals surface area contributed by atoms with Gasteiger partial charge in [-0.25, -0.2) is 0 Å². The van der Waals surface area contributed by atoms with Crippen LogP contribution in [0.4, 0.5) is 10.7 Å². The first-order valence-corrected chi connectivity index (χ1v) is 7.50. The van der Waals surface area contributed by atoms with E-state index < -0.39 is 0 Å². The zero-order chi connectivity index (χ0) is 13.8. The molecule has 1 aromatic heterocycles. The summed E-state index contributed by atoms with van der Waals surface area (Å²) >= 11 is 1.37. The lowest BCUT2D eigenvalue weighted by Crippen LogP contribution is -2.26. The van der Waals surface area contributed by atoms with Crippen molar-refractivity contribution in [1.82, 2.24) is 5.32 Å². The monoisotopic (exact) mass is 283 g/mol. The van der Waals surface area contributed by atoms with Crippen LogP contribution < -0.4 is 21.1 Å². The molecule has 6 heteroatoms. The maximum atomic E-state index is 12.0. The molecule has 5 nitrogen and oxygen atoms in total. The summed E-state index contributed by atoms with van der Waals surface area (Å²) in [6, 6.07) is 0.485.